The lowest BCUT2D eigenvalue weighted by Gasteiger charge is -2.31. The Morgan fingerprint density at radius 3 is 2.90 bits per heavy atom. The quantitative estimate of drug-likeness (QED) is 0.737. The van der Waals surface area contributed by atoms with E-state index in [4.69, 9.17) is 9.63 Å². The van der Waals surface area contributed by atoms with Crippen LogP contribution in [0.2, 0.25) is 0 Å². The molecule has 0 bridgehead atoms. The van der Waals surface area contributed by atoms with E-state index in [2.05, 4.69) is 14.9 Å². The highest BCUT2D eigenvalue weighted by atomic mass is 32.2. The summed E-state index contributed by atoms with van der Waals surface area (Å²) in [7, 11) is -3.83. The molecule has 0 spiro atoms. The van der Waals surface area contributed by atoms with Crippen LogP contribution in [0, 0.1) is 6.92 Å². The van der Waals surface area contributed by atoms with Crippen LogP contribution >= 0.6 is 0 Å². The second-order valence-corrected chi connectivity index (χ2v) is 6.55. The summed E-state index contributed by atoms with van der Waals surface area (Å²) in [5, 5.41) is 12.7. The first-order valence-electron chi connectivity index (χ1n) is 6.68. The average Bonchev–Trinajstić information content (AvgIpc) is 2.84. The van der Waals surface area contributed by atoms with Gasteiger partial charge in [-0.2, -0.15) is 17.7 Å². The van der Waals surface area contributed by atoms with Crippen molar-refractivity contribution in [2.75, 3.05) is 13.1 Å². The minimum Gasteiger partial charge on any atom is -0.480 e. The summed E-state index contributed by atoms with van der Waals surface area (Å²) in [5.41, 5.74) is 0. The summed E-state index contributed by atoms with van der Waals surface area (Å²) >= 11 is 0. The van der Waals surface area contributed by atoms with Crippen molar-refractivity contribution in [3.63, 3.8) is 0 Å². The molecule has 10 heteroatoms. The summed E-state index contributed by atoms with van der Waals surface area (Å²) in [5.74, 6) is -0.300. The van der Waals surface area contributed by atoms with Gasteiger partial charge in [0.15, 0.2) is 5.82 Å². The SMILES string of the molecule is Cc1noc(CCNS(=O)(=O)N2CCCCC2C(=O)O)n1. The lowest BCUT2D eigenvalue weighted by atomic mass is 10.1. The Morgan fingerprint density at radius 1 is 1.52 bits per heavy atom. The minimum absolute atomic E-state index is 0.0762. The van der Waals surface area contributed by atoms with Crippen LogP contribution in [-0.2, 0) is 21.4 Å². The standard InChI is InChI=1S/C11H18N4O5S/c1-8-13-10(20-14-8)5-6-12-21(18,19)15-7-3-2-4-9(15)11(16)17/h9,12H,2-7H2,1H3,(H,16,17). The molecule has 0 amide bonds. The first kappa shape index (κ1) is 15.9. The van der Waals surface area contributed by atoms with Crippen LogP contribution in [0.1, 0.15) is 31.0 Å². The maximum absolute atomic E-state index is 12.2. The van der Waals surface area contributed by atoms with Gasteiger partial charge in [0, 0.05) is 19.5 Å². The predicted octanol–water partition coefficient (Wildman–Crippen LogP) is -0.306. The molecule has 118 valence electrons. The van der Waals surface area contributed by atoms with Crippen molar-refractivity contribution in [3.05, 3.63) is 11.7 Å². The molecule has 1 aromatic rings. The van der Waals surface area contributed by atoms with Gasteiger partial charge < -0.3 is 9.63 Å². The second-order valence-electron chi connectivity index (χ2n) is 4.85. The molecule has 2 rings (SSSR count). The number of nitrogens with zero attached hydrogens (tertiary/aromatic N) is 3. The van der Waals surface area contributed by atoms with Gasteiger partial charge in [0.1, 0.15) is 6.04 Å². The molecule has 0 saturated carbocycles. The third-order valence-corrected chi connectivity index (χ3v) is 4.86. The highest BCUT2D eigenvalue weighted by Gasteiger charge is 2.36. The summed E-state index contributed by atoms with van der Waals surface area (Å²) in [4.78, 5) is 15.1. The molecular weight excluding hydrogens is 300 g/mol. The molecular formula is C11H18N4O5S. The fourth-order valence-corrected chi connectivity index (χ4v) is 3.68. The minimum atomic E-state index is -3.83. The fourth-order valence-electron chi connectivity index (χ4n) is 2.25. The number of rotatable bonds is 6. The van der Waals surface area contributed by atoms with E-state index < -0.39 is 22.2 Å². The molecule has 1 fully saturated rings. The van der Waals surface area contributed by atoms with Gasteiger partial charge in [0.25, 0.3) is 10.2 Å². The van der Waals surface area contributed by atoms with Crippen LogP contribution in [0.5, 0.6) is 0 Å². The Labute approximate surface area is 122 Å². The largest absolute Gasteiger partial charge is 0.480 e. The van der Waals surface area contributed by atoms with Gasteiger partial charge in [-0.25, -0.2) is 4.72 Å². The van der Waals surface area contributed by atoms with Crippen LogP contribution in [0.15, 0.2) is 4.52 Å². The van der Waals surface area contributed by atoms with Gasteiger partial charge in [-0.1, -0.05) is 5.16 Å². The van der Waals surface area contributed by atoms with E-state index in [-0.39, 0.29) is 19.5 Å². The van der Waals surface area contributed by atoms with Crippen LogP contribution in [0.25, 0.3) is 0 Å². The van der Waals surface area contributed by atoms with Crippen LogP contribution in [0.4, 0.5) is 0 Å². The molecule has 1 saturated heterocycles. The number of piperidine rings is 1. The zero-order valence-corrected chi connectivity index (χ0v) is 12.5. The van der Waals surface area contributed by atoms with E-state index in [1.807, 2.05) is 0 Å². The molecule has 1 atom stereocenters. The van der Waals surface area contributed by atoms with Gasteiger partial charge in [-0.15, -0.1) is 0 Å². The summed E-state index contributed by atoms with van der Waals surface area (Å²) in [6, 6.07) is -0.998. The lowest BCUT2D eigenvalue weighted by molar-refractivity contribution is -0.142. The first-order chi connectivity index (χ1) is 9.90. The topological polar surface area (TPSA) is 126 Å². The highest BCUT2D eigenvalue weighted by molar-refractivity contribution is 7.87. The Morgan fingerprint density at radius 2 is 2.29 bits per heavy atom. The number of carboxylic acid groups (broad SMARTS) is 1. The molecule has 0 aliphatic carbocycles. The Hall–Kier alpha value is -1.52. The zero-order valence-electron chi connectivity index (χ0n) is 11.7. The normalized spacial score (nSPS) is 20.5. The molecule has 1 aliphatic heterocycles. The number of nitrogens with one attached hydrogen (secondary N) is 1. The molecule has 0 aromatic carbocycles. The molecule has 1 unspecified atom stereocenters. The summed E-state index contributed by atoms with van der Waals surface area (Å²) in [6.07, 6.45) is 1.96. The fraction of sp³-hybridized carbons (Fsp3) is 0.727. The Kier molecular flexibility index (Phi) is 4.91. The van der Waals surface area contributed by atoms with Crippen molar-refractivity contribution in [1.29, 1.82) is 0 Å². The van der Waals surface area contributed by atoms with Gasteiger partial charge in [0.05, 0.1) is 0 Å². The maximum Gasteiger partial charge on any atom is 0.322 e. The Bertz CT molecular complexity index is 600. The Balaban J connectivity index is 1.95. The lowest BCUT2D eigenvalue weighted by Crippen LogP contribution is -2.52. The molecule has 9 nitrogen and oxygen atoms in total. The third kappa shape index (κ3) is 3.99. The van der Waals surface area contributed by atoms with E-state index in [1.54, 1.807) is 6.92 Å². The molecule has 1 aliphatic rings. The average molecular weight is 318 g/mol. The van der Waals surface area contributed by atoms with E-state index in [0.717, 1.165) is 4.31 Å². The maximum atomic E-state index is 12.2. The number of hydrogen-bond acceptors (Lipinski definition) is 6. The number of aryl methyl sites for hydroxylation is 1. The number of carboxylic acids is 1. The molecule has 1 aromatic heterocycles. The van der Waals surface area contributed by atoms with Crippen LogP contribution < -0.4 is 4.72 Å². The molecule has 0 radical (unpaired) electrons. The number of carbonyl (C=O) groups is 1. The predicted molar refractivity (Wildman–Crippen MR) is 71.6 cm³/mol. The van der Waals surface area contributed by atoms with E-state index in [0.29, 0.717) is 31.0 Å². The first-order valence-corrected chi connectivity index (χ1v) is 8.12. The molecule has 2 N–H and O–H groups in total. The summed E-state index contributed by atoms with van der Waals surface area (Å²) < 4.78 is 32.6. The van der Waals surface area contributed by atoms with Crippen molar-refractivity contribution in [1.82, 2.24) is 19.2 Å². The van der Waals surface area contributed by atoms with Crippen LogP contribution in [-0.4, -0.2) is 53.1 Å². The van der Waals surface area contributed by atoms with Gasteiger partial charge in [-0.3, -0.25) is 4.79 Å². The smallest absolute Gasteiger partial charge is 0.322 e. The van der Waals surface area contributed by atoms with Gasteiger partial charge in [-0.05, 0) is 26.2 Å². The van der Waals surface area contributed by atoms with E-state index in [1.165, 1.54) is 0 Å². The number of aliphatic carboxylic acids is 1. The van der Waals surface area contributed by atoms with Crippen molar-refractivity contribution in [3.8, 4) is 0 Å². The van der Waals surface area contributed by atoms with Crippen molar-refractivity contribution in [2.45, 2.75) is 38.6 Å². The number of hydrogen-bond donors (Lipinski definition) is 2. The number of aromatic nitrogens is 2. The second kappa shape index (κ2) is 6.50. The van der Waals surface area contributed by atoms with E-state index >= 15 is 0 Å². The third-order valence-electron chi connectivity index (χ3n) is 3.24. The highest BCUT2D eigenvalue weighted by Crippen LogP contribution is 2.19. The van der Waals surface area contributed by atoms with Crippen molar-refractivity contribution >= 4 is 16.2 Å². The molecule has 21 heavy (non-hydrogen) atoms. The van der Waals surface area contributed by atoms with Gasteiger partial charge >= 0.3 is 5.97 Å². The summed E-state index contributed by atoms with van der Waals surface area (Å²) in [6.45, 7) is 1.96. The monoisotopic (exact) mass is 318 g/mol. The van der Waals surface area contributed by atoms with Crippen LogP contribution in [0.3, 0.4) is 0 Å². The van der Waals surface area contributed by atoms with E-state index in [9.17, 15) is 13.2 Å². The van der Waals surface area contributed by atoms with Gasteiger partial charge in [0.2, 0.25) is 5.89 Å². The van der Waals surface area contributed by atoms with Crippen molar-refractivity contribution < 1.29 is 22.8 Å². The zero-order chi connectivity index (χ0) is 15.5. The molecule has 2 heterocycles. The van der Waals surface area contributed by atoms with Crippen molar-refractivity contribution in [2.24, 2.45) is 0 Å².